The van der Waals surface area contributed by atoms with E-state index in [2.05, 4.69) is 38.7 Å². The smallest absolute Gasteiger partial charge is 0.0672 e. The Morgan fingerprint density at radius 1 is 1.14 bits per heavy atom. The molecule has 0 N–H and O–H groups in total. The molecule has 0 heterocycles. The Balaban J connectivity index is 2.08. The molecule has 120 valence electrons. The first-order valence-corrected chi connectivity index (χ1v) is 9.15. The van der Waals surface area contributed by atoms with Crippen molar-refractivity contribution in [1.29, 1.82) is 5.26 Å². The molecule has 0 aliphatic heterocycles. The van der Waals surface area contributed by atoms with Crippen molar-refractivity contribution in [3.8, 4) is 6.07 Å². The third kappa shape index (κ3) is 4.22. The van der Waals surface area contributed by atoms with Crippen molar-refractivity contribution >= 4 is 0 Å². The van der Waals surface area contributed by atoms with E-state index in [1.807, 2.05) is 0 Å². The Labute approximate surface area is 131 Å². The summed E-state index contributed by atoms with van der Waals surface area (Å²) in [6, 6.07) is 3.15. The second-order valence-corrected chi connectivity index (χ2v) is 8.09. The highest BCUT2D eigenvalue weighted by Gasteiger charge is 2.40. The monoisotopic (exact) mass is 290 g/mol. The lowest BCUT2D eigenvalue weighted by Crippen LogP contribution is -2.47. The molecule has 3 unspecified atom stereocenters. The van der Waals surface area contributed by atoms with Crippen molar-refractivity contribution in [2.75, 3.05) is 13.1 Å². The molecule has 0 amide bonds. The van der Waals surface area contributed by atoms with Gasteiger partial charge in [0.15, 0.2) is 0 Å². The van der Waals surface area contributed by atoms with Crippen molar-refractivity contribution < 1.29 is 0 Å². The maximum Gasteiger partial charge on any atom is 0.0672 e. The molecule has 0 saturated heterocycles. The lowest BCUT2D eigenvalue weighted by atomic mass is 9.66. The second kappa shape index (κ2) is 7.14. The minimum absolute atomic E-state index is 0.263. The van der Waals surface area contributed by atoms with Crippen molar-refractivity contribution in [2.45, 2.75) is 78.7 Å². The summed E-state index contributed by atoms with van der Waals surface area (Å²) in [5, 5.41) is 9.60. The summed E-state index contributed by atoms with van der Waals surface area (Å²) in [5.41, 5.74) is 0.427. The highest BCUT2D eigenvalue weighted by Crippen LogP contribution is 2.44. The van der Waals surface area contributed by atoms with Crippen LogP contribution < -0.4 is 0 Å². The van der Waals surface area contributed by atoms with Crippen LogP contribution >= 0.6 is 0 Å². The van der Waals surface area contributed by atoms with Crippen molar-refractivity contribution in [3.05, 3.63) is 0 Å². The van der Waals surface area contributed by atoms with Gasteiger partial charge in [-0.05, 0) is 62.3 Å². The van der Waals surface area contributed by atoms with Crippen LogP contribution in [0.4, 0.5) is 0 Å². The Morgan fingerprint density at radius 3 is 2.38 bits per heavy atom. The lowest BCUT2D eigenvalue weighted by Gasteiger charge is -2.45. The molecule has 2 aliphatic carbocycles. The molecule has 2 rings (SSSR count). The van der Waals surface area contributed by atoms with Gasteiger partial charge < -0.3 is 0 Å². The minimum atomic E-state index is 0.263. The molecular weight excluding hydrogens is 256 g/mol. The van der Waals surface area contributed by atoms with Crippen LogP contribution in [-0.2, 0) is 0 Å². The maximum atomic E-state index is 9.60. The summed E-state index contributed by atoms with van der Waals surface area (Å²) in [4.78, 5) is 2.68. The number of nitriles is 1. The topological polar surface area (TPSA) is 27.0 Å². The first-order chi connectivity index (χ1) is 10.0. The summed E-state index contributed by atoms with van der Waals surface area (Å²) in [6.45, 7) is 11.9. The molecular formula is C19H34N2. The maximum absolute atomic E-state index is 9.60. The van der Waals surface area contributed by atoms with Crippen LogP contribution in [-0.4, -0.2) is 24.0 Å². The van der Waals surface area contributed by atoms with Crippen LogP contribution in [0.5, 0.6) is 0 Å². The van der Waals surface area contributed by atoms with Gasteiger partial charge in [0.25, 0.3) is 0 Å². The fourth-order valence-corrected chi connectivity index (χ4v) is 4.01. The summed E-state index contributed by atoms with van der Waals surface area (Å²) in [6.07, 6.45) is 8.88. The number of nitrogens with zero attached hydrogens (tertiary/aromatic N) is 2. The SMILES string of the molecule is CCCN(CC1CC1)C1CC(C(C)(C)CC)CCC1C#N. The Bertz CT molecular complexity index is 364. The van der Waals surface area contributed by atoms with E-state index in [0.717, 1.165) is 18.3 Å². The molecule has 2 nitrogen and oxygen atoms in total. The van der Waals surface area contributed by atoms with E-state index in [1.165, 1.54) is 51.6 Å². The Hall–Kier alpha value is -0.550. The fourth-order valence-electron chi connectivity index (χ4n) is 4.01. The average molecular weight is 290 g/mol. The standard InChI is InChI=1S/C19H34N2/c1-5-11-21(14-15-7-8-15)18-12-17(19(3,4)6-2)10-9-16(18)13-20/h15-18H,5-12,14H2,1-4H3. The quantitative estimate of drug-likeness (QED) is 0.670. The first-order valence-electron chi connectivity index (χ1n) is 9.15. The molecule has 2 fully saturated rings. The summed E-state index contributed by atoms with van der Waals surface area (Å²) in [7, 11) is 0. The third-order valence-corrected chi connectivity index (χ3v) is 6.17. The van der Waals surface area contributed by atoms with Crippen molar-refractivity contribution in [3.63, 3.8) is 0 Å². The average Bonchev–Trinajstić information content (AvgIpc) is 3.30. The van der Waals surface area contributed by atoms with Gasteiger partial charge in [-0.15, -0.1) is 0 Å². The predicted molar refractivity (Wildman–Crippen MR) is 88.9 cm³/mol. The molecule has 0 aromatic carbocycles. The van der Waals surface area contributed by atoms with E-state index in [4.69, 9.17) is 0 Å². The molecule has 2 saturated carbocycles. The first kappa shape index (κ1) is 16.8. The van der Waals surface area contributed by atoms with E-state index in [9.17, 15) is 5.26 Å². The van der Waals surface area contributed by atoms with Crippen LogP contribution in [0.15, 0.2) is 0 Å². The van der Waals surface area contributed by atoms with Gasteiger partial charge in [-0.1, -0.05) is 34.1 Å². The molecule has 2 heteroatoms. The summed E-state index contributed by atoms with van der Waals surface area (Å²) in [5.74, 6) is 1.98. The highest BCUT2D eigenvalue weighted by molar-refractivity contribution is 5.00. The fraction of sp³-hybridized carbons (Fsp3) is 0.947. The largest absolute Gasteiger partial charge is 0.299 e. The second-order valence-electron chi connectivity index (χ2n) is 8.09. The van der Waals surface area contributed by atoms with Crippen molar-refractivity contribution in [1.82, 2.24) is 4.90 Å². The molecule has 3 atom stereocenters. The van der Waals surface area contributed by atoms with Gasteiger partial charge in [-0.3, -0.25) is 4.90 Å². The van der Waals surface area contributed by atoms with Crippen LogP contribution in [0.2, 0.25) is 0 Å². The van der Waals surface area contributed by atoms with Crippen molar-refractivity contribution in [2.24, 2.45) is 23.2 Å². The van der Waals surface area contributed by atoms with E-state index >= 15 is 0 Å². The van der Waals surface area contributed by atoms with Gasteiger partial charge in [0, 0.05) is 12.6 Å². The molecule has 0 aromatic heterocycles. The van der Waals surface area contributed by atoms with E-state index in [1.54, 1.807) is 0 Å². The van der Waals surface area contributed by atoms with Gasteiger partial charge in [0.05, 0.1) is 12.0 Å². The van der Waals surface area contributed by atoms with Crippen LogP contribution in [0.3, 0.4) is 0 Å². The van der Waals surface area contributed by atoms with Crippen LogP contribution in [0.25, 0.3) is 0 Å². The van der Waals surface area contributed by atoms with Gasteiger partial charge in [0.2, 0.25) is 0 Å². The molecule has 2 aliphatic rings. The summed E-state index contributed by atoms with van der Waals surface area (Å²) >= 11 is 0. The van der Waals surface area contributed by atoms with E-state index in [-0.39, 0.29) is 5.92 Å². The predicted octanol–water partition coefficient (Wildman–Crippen LogP) is 4.85. The molecule has 0 aromatic rings. The highest BCUT2D eigenvalue weighted by atomic mass is 15.2. The molecule has 0 spiro atoms. The Kier molecular flexibility index (Phi) is 5.72. The van der Waals surface area contributed by atoms with Crippen LogP contribution in [0.1, 0.15) is 72.6 Å². The normalized spacial score (nSPS) is 30.4. The van der Waals surface area contributed by atoms with Crippen LogP contribution in [0, 0.1) is 34.5 Å². The Morgan fingerprint density at radius 2 is 1.86 bits per heavy atom. The summed E-state index contributed by atoms with van der Waals surface area (Å²) < 4.78 is 0. The third-order valence-electron chi connectivity index (χ3n) is 6.17. The number of rotatable bonds is 7. The zero-order valence-corrected chi connectivity index (χ0v) is 14.6. The van der Waals surface area contributed by atoms with E-state index < -0.39 is 0 Å². The van der Waals surface area contributed by atoms with Gasteiger partial charge >= 0.3 is 0 Å². The zero-order valence-electron chi connectivity index (χ0n) is 14.6. The molecule has 0 radical (unpaired) electrons. The van der Waals surface area contributed by atoms with Gasteiger partial charge in [-0.2, -0.15) is 5.26 Å². The minimum Gasteiger partial charge on any atom is -0.299 e. The lowest BCUT2D eigenvalue weighted by molar-refractivity contribution is 0.0489. The van der Waals surface area contributed by atoms with Gasteiger partial charge in [0.1, 0.15) is 0 Å². The number of hydrogen-bond donors (Lipinski definition) is 0. The van der Waals surface area contributed by atoms with Gasteiger partial charge in [-0.25, -0.2) is 0 Å². The molecule has 21 heavy (non-hydrogen) atoms. The molecule has 0 bridgehead atoms. The zero-order chi connectivity index (χ0) is 15.5. The number of hydrogen-bond acceptors (Lipinski definition) is 2. The van der Waals surface area contributed by atoms with E-state index in [0.29, 0.717) is 11.5 Å².